The van der Waals surface area contributed by atoms with Crippen molar-refractivity contribution in [3.8, 4) is 0 Å². The molecular weight excluding hydrogens is 240 g/mol. The quantitative estimate of drug-likeness (QED) is 0.819. The molecule has 1 aliphatic rings. The number of halogens is 1. The van der Waals surface area contributed by atoms with Crippen molar-refractivity contribution in [2.24, 2.45) is 0 Å². The standard InChI is InChI=1S/C12H15ClN2O2/c1-15(9-4-5-17-7-9)12(16)10-3-2-8(14)6-11(10)13/h2-3,6,9H,4-5,7,14H2,1H3. The first kappa shape index (κ1) is 12.2. The maximum absolute atomic E-state index is 12.2. The van der Waals surface area contributed by atoms with Crippen LogP contribution in [0.2, 0.25) is 5.02 Å². The number of likely N-dealkylation sites (N-methyl/N-ethyl adjacent to an activating group) is 1. The summed E-state index contributed by atoms with van der Waals surface area (Å²) in [5.74, 6) is -0.0921. The summed E-state index contributed by atoms with van der Waals surface area (Å²) < 4.78 is 5.27. The molecule has 4 nitrogen and oxygen atoms in total. The van der Waals surface area contributed by atoms with Crippen molar-refractivity contribution in [1.29, 1.82) is 0 Å². The van der Waals surface area contributed by atoms with Crippen LogP contribution in [0.25, 0.3) is 0 Å². The molecule has 1 aromatic carbocycles. The van der Waals surface area contributed by atoms with Crippen molar-refractivity contribution >= 4 is 23.2 Å². The summed E-state index contributed by atoms with van der Waals surface area (Å²) in [7, 11) is 1.77. The van der Waals surface area contributed by atoms with E-state index >= 15 is 0 Å². The highest BCUT2D eigenvalue weighted by Crippen LogP contribution is 2.22. The smallest absolute Gasteiger partial charge is 0.255 e. The molecule has 0 aromatic heterocycles. The normalized spacial score (nSPS) is 19.3. The molecule has 0 radical (unpaired) electrons. The molecule has 5 heteroatoms. The van der Waals surface area contributed by atoms with Gasteiger partial charge in [0.15, 0.2) is 0 Å². The average Bonchev–Trinajstić information content (AvgIpc) is 2.80. The molecule has 0 spiro atoms. The molecule has 1 fully saturated rings. The van der Waals surface area contributed by atoms with Gasteiger partial charge in [0.05, 0.1) is 23.2 Å². The number of nitrogen functional groups attached to an aromatic ring is 1. The molecular formula is C12H15ClN2O2. The van der Waals surface area contributed by atoms with Crippen LogP contribution in [0.1, 0.15) is 16.8 Å². The molecule has 1 amide bonds. The fourth-order valence-electron chi connectivity index (χ4n) is 1.89. The van der Waals surface area contributed by atoms with E-state index in [4.69, 9.17) is 22.1 Å². The number of hydrogen-bond acceptors (Lipinski definition) is 3. The zero-order valence-electron chi connectivity index (χ0n) is 9.65. The Morgan fingerprint density at radius 2 is 2.35 bits per heavy atom. The van der Waals surface area contributed by atoms with Gasteiger partial charge in [0.25, 0.3) is 5.91 Å². The summed E-state index contributed by atoms with van der Waals surface area (Å²) >= 11 is 6.02. The lowest BCUT2D eigenvalue weighted by molar-refractivity contribution is 0.0711. The molecule has 1 unspecified atom stereocenters. The maximum Gasteiger partial charge on any atom is 0.255 e. The number of nitrogens with zero attached hydrogens (tertiary/aromatic N) is 1. The van der Waals surface area contributed by atoms with Crippen molar-refractivity contribution in [3.05, 3.63) is 28.8 Å². The Hall–Kier alpha value is -1.26. The highest BCUT2D eigenvalue weighted by Gasteiger charge is 2.25. The van der Waals surface area contributed by atoms with Crippen LogP contribution in [0.3, 0.4) is 0 Å². The van der Waals surface area contributed by atoms with E-state index in [1.807, 2.05) is 0 Å². The van der Waals surface area contributed by atoms with Gasteiger partial charge in [-0.1, -0.05) is 11.6 Å². The summed E-state index contributed by atoms with van der Waals surface area (Å²) in [6, 6.07) is 5.06. The van der Waals surface area contributed by atoms with E-state index in [2.05, 4.69) is 0 Å². The molecule has 1 heterocycles. The van der Waals surface area contributed by atoms with Crippen LogP contribution in [0.4, 0.5) is 5.69 Å². The average molecular weight is 255 g/mol. The number of carbonyl (C=O) groups is 1. The predicted octanol–water partition coefficient (Wildman–Crippen LogP) is 1.78. The summed E-state index contributed by atoms with van der Waals surface area (Å²) in [5.41, 5.74) is 6.63. The third kappa shape index (κ3) is 2.53. The first-order valence-electron chi connectivity index (χ1n) is 5.49. The predicted molar refractivity (Wildman–Crippen MR) is 67.2 cm³/mol. The van der Waals surface area contributed by atoms with E-state index < -0.39 is 0 Å². The van der Waals surface area contributed by atoms with E-state index in [1.165, 1.54) is 0 Å². The SMILES string of the molecule is CN(C(=O)c1ccc(N)cc1Cl)C1CCOC1. The van der Waals surface area contributed by atoms with Gasteiger partial charge in [0, 0.05) is 19.3 Å². The Labute approximate surface area is 105 Å². The first-order valence-corrected chi connectivity index (χ1v) is 5.87. The zero-order chi connectivity index (χ0) is 12.4. The number of carbonyl (C=O) groups excluding carboxylic acids is 1. The Kier molecular flexibility index (Phi) is 3.54. The summed E-state index contributed by atoms with van der Waals surface area (Å²) in [6.45, 7) is 1.30. The van der Waals surface area contributed by atoms with Gasteiger partial charge < -0.3 is 15.4 Å². The Morgan fingerprint density at radius 1 is 1.59 bits per heavy atom. The first-order chi connectivity index (χ1) is 8.09. The minimum atomic E-state index is -0.0921. The molecule has 0 aliphatic carbocycles. The fraction of sp³-hybridized carbons (Fsp3) is 0.417. The van der Waals surface area contributed by atoms with Crippen molar-refractivity contribution in [3.63, 3.8) is 0 Å². The number of amides is 1. The summed E-state index contributed by atoms with van der Waals surface area (Å²) in [6.07, 6.45) is 0.870. The summed E-state index contributed by atoms with van der Waals surface area (Å²) in [5, 5.41) is 0.390. The van der Waals surface area contributed by atoms with Gasteiger partial charge in [0.1, 0.15) is 0 Å². The third-order valence-electron chi connectivity index (χ3n) is 3.00. The van der Waals surface area contributed by atoms with E-state index in [0.717, 1.165) is 6.42 Å². The number of benzene rings is 1. The minimum Gasteiger partial charge on any atom is -0.399 e. The van der Waals surface area contributed by atoms with Crippen molar-refractivity contribution in [2.75, 3.05) is 26.0 Å². The van der Waals surface area contributed by atoms with Crippen LogP contribution in [0.5, 0.6) is 0 Å². The van der Waals surface area contributed by atoms with Crippen molar-refractivity contribution in [1.82, 2.24) is 4.90 Å². The lowest BCUT2D eigenvalue weighted by atomic mass is 10.1. The number of hydrogen-bond donors (Lipinski definition) is 1. The van der Waals surface area contributed by atoms with Crippen LogP contribution in [0.15, 0.2) is 18.2 Å². The molecule has 17 heavy (non-hydrogen) atoms. The van der Waals surface area contributed by atoms with E-state index in [9.17, 15) is 4.79 Å². The molecule has 0 bridgehead atoms. The monoisotopic (exact) mass is 254 g/mol. The Bertz CT molecular complexity index is 431. The number of nitrogens with two attached hydrogens (primary N) is 1. The van der Waals surface area contributed by atoms with Crippen LogP contribution >= 0.6 is 11.6 Å². The van der Waals surface area contributed by atoms with Gasteiger partial charge in [-0.25, -0.2) is 0 Å². The largest absolute Gasteiger partial charge is 0.399 e. The molecule has 1 aromatic rings. The van der Waals surface area contributed by atoms with Gasteiger partial charge in [-0.2, -0.15) is 0 Å². The highest BCUT2D eigenvalue weighted by atomic mass is 35.5. The van der Waals surface area contributed by atoms with Gasteiger partial charge in [0.2, 0.25) is 0 Å². The number of anilines is 1. The second-order valence-corrected chi connectivity index (χ2v) is 4.58. The lowest BCUT2D eigenvalue weighted by Gasteiger charge is -2.23. The van der Waals surface area contributed by atoms with Crippen LogP contribution < -0.4 is 5.73 Å². The van der Waals surface area contributed by atoms with E-state index in [-0.39, 0.29) is 11.9 Å². The van der Waals surface area contributed by atoms with Gasteiger partial charge in [-0.05, 0) is 24.6 Å². The molecule has 92 valence electrons. The molecule has 2 N–H and O–H groups in total. The second kappa shape index (κ2) is 4.94. The molecule has 2 rings (SSSR count). The van der Waals surface area contributed by atoms with Gasteiger partial charge in [-0.3, -0.25) is 4.79 Å². The fourth-order valence-corrected chi connectivity index (χ4v) is 2.16. The zero-order valence-corrected chi connectivity index (χ0v) is 10.4. The number of ether oxygens (including phenoxy) is 1. The topological polar surface area (TPSA) is 55.6 Å². The van der Waals surface area contributed by atoms with E-state index in [1.54, 1.807) is 30.1 Å². The van der Waals surface area contributed by atoms with E-state index in [0.29, 0.717) is 29.5 Å². The molecule has 1 aliphatic heterocycles. The van der Waals surface area contributed by atoms with Crippen molar-refractivity contribution < 1.29 is 9.53 Å². The maximum atomic E-state index is 12.2. The minimum absolute atomic E-state index is 0.0921. The van der Waals surface area contributed by atoms with Crippen molar-refractivity contribution in [2.45, 2.75) is 12.5 Å². The molecule has 0 saturated carbocycles. The van der Waals surface area contributed by atoms with Crippen LogP contribution in [0, 0.1) is 0 Å². The number of rotatable bonds is 2. The Balaban J connectivity index is 2.18. The highest BCUT2D eigenvalue weighted by molar-refractivity contribution is 6.34. The van der Waals surface area contributed by atoms with Gasteiger partial charge in [-0.15, -0.1) is 0 Å². The van der Waals surface area contributed by atoms with Gasteiger partial charge >= 0.3 is 0 Å². The summed E-state index contributed by atoms with van der Waals surface area (Å²) in [4.78, 5) is 13.9. The van der Waals surface area contributed by atoms with Crippen LogP contribution in [-0.2, 0) is 4.74 Å². The second-order valence-electron chi connectivity index (χ2n) is 4.17. The molecule has 1 atom stereocenters. The third-order valence-corrected chi connectivity index (χ3v) is 3.31. The van der Waals surface area contributed by atoms with Crippen LogP contribution in [-0.4, -0.2) is 37.1 Å². The Morgan fingerprint density at radius 3 is 2.94 bits per heavy atom. The molecule has 1 saturated heterocycles. The lowest BCUT2D eigenvalue weighted by Crippen LogP contribution is -2.37.